The maximum absolute atomic E-state index is 13.2. The molecule has 0 saturated carbocycles. The van der Waals surface area contributed by atoms with E-state index in [0.717, 1.165) is 16.4 Å². The average molecular weight is 326 g/mol. The number of halogens is 2. The van der Waals surface area contributed by atoms with Crippen LogP contribution in [0.15, 0.2) is 47.6 Å². The van der Waals surface area contributed by atoms with E-state index in [1.165, 1.54) is 6.20 Å². The molecule has 0 unspecified atom stereocenters. The largest absolute Gasteiger partial charge is 0.486 e. The van der Waals surface area contributed by atoms with Crippen LogP contribution < -0.4 is 4.74 Å². The summed E-state index contributed by atoms with van der Waals surface area (Å²) >= 11 is 0. The van der Waals surface area contributed by atoms with E-state index in [1.807, 2.05) is 0 Å². The Morgan fingerprint density at radius 3 is 2.59 bits per heavy atom. The zero-order chi connectivity index (χ0) is 15.7. The minimum absolute atomic E-state index is 0.149. The van der Waals surface area contributed by atoms with Crippen molar-refractivity contribution < 1.29 is 21.9 Å². The van der Waals surface area contributed by atoms with E-state index in [1.54, 1.807) is 18.3 Å². The van der Waals surface area contributed by atoms with Crippen LogP contribution in [0.25, 0.3) is 0 Å². The van der Waals surface area contributed by atoms with Gasteiger partial charge in [0.15, 0.2) is 11.6 Å². The van der Waals surface area contributed by atoms with E-state index < -0.39 is 21.7 Å². The minimum atomic E-state index is -3.84. The van der Waals surface area contributed by atoms with Crippen molar-refractivity contribution in [1.82, 2.24) is 9.29 Å². The molecular weight excluding hydrogens is 314 g/mol. The van der Waals surface area contributed by atoms with Crippen molar-refractivity contribution >= 4 is 10.0 Å². The fraction of sp³-hybridized carbons (Fsp3) is 0.214. The number of sulfonamides is 1. The molecule has 1 saturated heterocycles. The first-order valence-corrected chi connectivity index (χ1v) is 7.93. The fourth-order valence-corrected chi connectivity index (χ4v) is 3.58. The van der Waals surface area contributed by atoms with Gasteiger partial charge in [-0.05, 0) is 30.3 Å². The summed E-state index contributed by atoms with van der Waals surface area (Å²) in [5.74, 6) is -1.72. The van der Waals surface area contributed by atoms with Crippen LogP contribution in [0.1, 0.15) is 0 Å². The molecule has 1 aromatic carbocycles. The van der Waals surface area contributed by atoms with Crippen molar-refractivity contribution in [2.45, 2.75) is 11.0 Å². The van der Waals surface area contributed by atoms with E-state index in [0.29, 0.717) is 11.8 Å². The number of pyridine rings is 1. The molecule has 3 rings (SSSR count). The molecule has 1 aliphatic heterocycles. The fourth-order valence-electron chi connectivity index (χ4n) is 2.07. The van der Waals surface area contributed by atoms with Gasteiger partial charge in [-0.2, -0.15) is 4.31 Å². The molecule has 0 amide bonds. The van der Waals surface area contributed by atoms with Crippen LogP contribution in [0, 0.1) is 11.6 Å². The summed E-state index contributed by atoms with van der Waals surface area (Å²) in [6.07, 6.45) is 2.85. The van der Waals surface area contributed by atoms with Gasteiger partial charge in [0, 0.05) is 6.20 Å². The smallest absolute Gasteiger partial charge is 0.243 e. The Hall–Kier alpha value is -2.06. The van der Waals surface area contributed by atoms with Gasteiger partial charge in [-0.1, -0.05) is 0 Å². The molecule has 2 aromatic rings. The Morgan fingerprint density at radius 1 is 1.18 bits per heavy atom. The van der Waals surface area contributed by atoms with E-state index >= 15 is 0 Å². The van der Waals surface area contributed by atoms with E-state index in [2.05, 4.69) is 4.98 Å². The molecule has 116 valence electrons. The van der Waals surface area contributed by atoms with Gasteiger partial charge in [-0.15, -0.1) is 0 Å². The third-order valence-corrected chi connectivity index (χ3v) is 5.11. The van der Waals surface area contributed by atoms with Crippen LogP contribution >= 0.6 is 0 Å². The number of nitrogens with zero attached hydrogens (tertiary/aromatic N) is 2. The molecule has 0 spiro atoms. The first-order chi connectivity index (χ1) is 10.5. The lowest BCUT2D eigenvalue weighted by Gasteiger charge is -2.37. The van der Waals surface area contributed by atoms with E-state index in [-0.39, 0.29) is 24.1 Å². The lowest BCUT2D eigenvalue weighted by molar-refractivity contribution is 0.0758. The summed E-state index contributed by atoms with van der Waals surface area (Å²) in [5.41, 5.74) is 0. The normalized spacial score (nSPS) is 16.3. The topological polar surface area (TPSA) is 59.5 Å². The third-order valence-electron chi connectivity index (χ3n) is 3.28. The Balaban J connectivity index is 1.67. The molecule has 2 heterocycles. The average Bonchev–Trinajstić information content (AvgIpc) is 2.46. The van der Waals surface area contributed by atoms with Gasteiger partial charge < -0.3 is 4.74 Å². The summed E-state index contributed by atoms with van der Waals surface area (Å²) in [4.78, 5) is 3.62. The summed E-state index contributed by atoms with van der Waals surface area (Å²) in [7, 11) is -3.84. The highest BCUT2D eigenvalue weighted by Gasteiger charge is 2.38. The zero-order valence-electron chi connectivity index (χ0n) is 11.3. The summed E-state index contributed by atoms with van der Waals surface area (Å²) < 4.78 is 57.2. The van der Waals surface area contributed by atoms with Crippen LogP contribution in [0.3, 0.4) is 0 Å². The van der Waals surface area contributed by atoms with Gasteiger partial charge >= 0.3 is 0 Å². The lowest BCUT2D eigenvalue weighted by atomic mass is 10.2. The lowest BCUT2D eigenvalue weighted by Crippen LogP contribution is -2.55. The molecule has 0 bridgehead atoms. The van der Waals surface area contributed by atoms with Crippen molar-refractivity contribution in [3.05, 3.63) is 54.4 Å². The Bertz CT molecular complexity index is 778. The van der Waals surface area contributed by atoms with Gasteiger partial charge in [0.1, 0.15) is 11.9 Å². The predicted octanol–water partition coefficient (Wildman–Crippen LogP) is 1.81. The predicted molar refractivity (Wildman–Crippen MR) is 73.8 cm³/mol. The van der Waals surface area contributed by atoms with Crippen molar-refractivity contribution in [2.24, 2.45) is 0 Å². The number of hydrogen-bond acceptors (Lipinski definition) is 4. The van der Waals surface area contributed by atoms with Crippen LogP contribution in [0.4, 0.5) is 8.78 Å². The standard InChI is InChI=1S/C14H12F2N2O3S/c15-13-4-3-12(6-14(13)16)22(19,20)18-8-11(9-18)21-10-2-1-5-17-7-10/h1-7,11H,8-9H2. The molecule has 0 aliphatic carbocycles. The Labute approximate surface area is 126 Å². The maximum atomic E-state index is 13.2. The summed E-state index contributed by atoms with van der Waals surface area (Å²) in [5, 5.41) is 0. The van der Waals surface area contributed by atoms with Crippen LogP contribution in [0.5, 0.6) is 5.75 Å². The van der Waals surface area contributed by atoms with Crippen molar-refractivity contribution in [1.29, 1.82) is 0 Å². The number of aromatic nitrogens is 1. The first kappa shape index (κ1) is 14.9. The van der Waals surface area contributed by atoms with Gasteiger partial charge in [-0.3, -0.25) is 4.98 Å². The third kappa shape index (κ3) is 2.79. The van der Waals surface area contributed by atoms with Crippen LogP contribution in [-0.2, 0) is 10.0 Å². The summed E-state index contributed by atoms with van der Waals surface area (Å²) in [6.45, 7) is 0.298. The molecule has 8 heteroatoms. The van der Waals surface area contributed by atoms with Crippen LogP contribution in [0.2, 0.25) is 0 Å². The van der Waals surface area contributed by atoms with Gasteiger partial charge in [0.25, 0.3) is 0 Å². The van der Waals surface area contributed by atoms with E-state index in [9.17, 15) is 17.2 Å². The van der Waals surface area contributed by atoms with Crippen molar-refractivity contribution in [3.8, 4) is 5.75 Å². The maximum Gasteiger partial charge on any atom is 0.243 e. The first-order valence-electron chi connectivity index (χ1n) is 6.49. The molecule has 5 nitrogen and oxygen atoms in total. The minimum Gasteiger partial charge on any atom is -0.486 e. The van der Waals surface area contributed by atoms with E-state index in [4.69, 9.17) is 4.74 Å². The molecular formula is C14H12F2N2O3S. The second-order valence-corrected chi connectivity index (χ2v) is 6.76. The number of rotatable bonds is 4. The van der Waals surface area contributed by atoms with Crippen molar-refractivity contribution in [2.75, 3.05) is 13.1 Å². The summed E-state index contributed by atoms with van der Waals surface area (Å²) in [6, 6.07) is 5.96. The van der Waals surface area contributed by atoms with Gasteiger partial charge in [0.2, 0.25) is 10.0 Å². The zero-order valence-corrected chi connectivity index (χ0v) is 12.1. The molecule has 1 aliphatic rings. The monoisotopic (exact) mass is 326 g/mol. The molecule has 1 fully saturated rings. The Morgan fingerprint density at radius 2 is 1.95 bits per heavy atom. The number of hydrogen-bond donors (Lipinski definition) is 0. The second-order valence-electron chi connectivity index (χ2n) is 4.83. The highest BCUT2D eigenvalue weighted by atomic mass is 32.2. The SMILES string of the molecule is O=S(=O)(c1ccc(F)c(F)c1)N1CC(Oc2cccnc2)C1. The van der Waals surface area contributed by atoms with Gasteiger partial charge in [-0.25, -0.2) is 17.2 Å². The highest BCUT2D eigenvalue weighted by Crippen LogP contribution is 2.25. The number of benzene rings is 1. The van der Waals surface area contributed by atoms with Crippen LogP contribution in [-0.4, -0.2) is 36.9 Å². The molecule has 0 radical (unpaired) electrons. The molecule has 1 aromatic heterocycles. The quantitative estimate of drug-likeness (QED) is 0.860. The molecule has 0 N–H and O–H groups in total. The Kier molecular flexibility index (Phi) is 3.79. The van der Waals surface area contributed by atoms with Crippen molar-refractivity contribution in [3.63, 3.8) is 0 Å². The number of ether oxygens (including phenoxy) is 1. The molecule has 0 atom stereocenters. The van der Waals surface area contributed by atoms with Gasteiger partial charge in [0.05, 0.1) is 24.2 Å². The second kappa shape index (κ2) is 5.62. The molecule has 22 heavy (non-hydrogen) atoms. The highest BCUT2D eigenvalue weighted by molar-refractivity contribution is 7.89.